The molecule has 2 aromatic rings. The third-order valence-electron chi connectivity index (χ3n) is 4.06. The number of methoxy groups -OCH3 is 1. The Kier molecular flexibility index (Phi) is 4.35. The minimum absolute atomic E-state index is 0.0128. The van der Waals surface area contributed by atoms with Crippen LogP contribution in [0.5, 0.6) is 0 Å². The van der Waals surface area contributed by atoms with Crippen molar-refractivity contribution in [3.05, 3.63) is 16.4 Å². The van der Waals surface area contributed by atoms with Gasteiger partial charge in [-0.1, -0.05) is 24.7 Å². The van der Waals surface area contributed by atoms with Gasteiger partial charge in [-0.3, -0.25) is 4.79 Å². The quantitative estimate of drug-likeness (QED) is 0.762. The van der Waals surface area contributed by atoms with Crippen LogP contribution in [0.2, 0.25) is 0 Å². The molecule has 0 aliphatic carbocycles. The molecule has 1 atom stereocenters. The molecule has 0 bridgehead atoms. The molecule has 1 saturated heterocycles. The number of imidazole rings is 1. The molecule has 1 aliphatic rings. The van der Waals surface area contributed by atoms with Crippen molar-refractivity contribution in [2.75, 3.05) is 13.7 Å². The average molecular weight is 360 g/mol. The van der Waals surface area contributed by atoms with E-state index in [0.29, 0.717) is 13.0 Å². The van der Waals surface area contributed by atoms with E-state index in [0.717, 1.165) is 24.2 Å². The van der Waals surface area contributed by atoms with Crippen molar-refractivity contribution in [2.24, 2.45) is 5.92 Å². The Morgan fingerprint density at radius 1 is 1.54 bits per heavy atom. The van der Waals surface area contributed by atoms with E-state index in [1.54, 1.807) is 4.90 Å². The van der Waals surface area contributed by atoms with Crippen LogP contribution in [-0.4, -0.2) is 39.1 Å². The number of carbonyl (C=O) groups is 1. The standard InChI is InChI=1S/C15H20F2N4O2S/c1-3-4-9-5-12(22)20(6-9)7-10-13(14(16)17)18-15-21(10)19-11(24-15)8-23-2/h9,14H,3-8H2,1-2H3/t9-/m0/s1/i8D2. The summed E-state index contributed by atoms with van der Waals surface area (Å²) in [4.78, 5) is 17.8. The van der Waals surface area contributed by atoms with Crippen LogP contribution in [-0.2, 0) is 22.6 Å². The Labute approximate surface area is 145 Å². The Hall–Kier alpha value is -1.61. The van der Waals surface area contributed by atoms with Crippen LogP contribution in [0, 0.1) is 5.92 Å². The average Bonchev–Trinajstić information content (AvgIpc) is 3.23. The summed E-state index contributed by atoms with van der Waals surface area (Å²) in [5, 5.41) is 4.07. The van der Waals surface area contributed by atoms with Crippen molar-refractivity contribution in [3.63, 3.8) is 0 Å². The second-order valence-electron chi connectivity index (χ2n) is 5.79. The van der Waals surface area contributed by atoms with Gasteiger partial charge in [-0.15, -0.1) is 0 Å². The molecular formula is C15H20F2N4O2S. The summed E-state index contributed by atoms with van der Waals surface area (Å²) < 4.78 is 48.3. The first-order valence-corrected chi connectivity index (χ1v) is 8.58. The Bertz CT molecular complexity index is 811. The molecule has 3 rings (SSSR count). The molecule has 132 valence electrons. The molecule has 24 heavy (non-hydrogen) atoms. The number of ether oxygens (including phenoxy) is 1. The number of likely N-dealkylation sites (tertiary alicyclic amines) is 1. The fourth-order valence-corrected chi connectivity index (χ4v) is 3.85. The van der Waals surface area contributed by atoms with Gasteiger partial charge in [0, 0.05) is 20.1 Å². The van der Waals surface area contributed by atoms with Gasteiger partial charge in [0.25, 0.3) is 6.43 Å². The summed E-state index contributed by atoms with van der Waals surface area (Å²) in [5.41, 5.74) is -0.296. The number of carbonyl (C=O) groups excluding carboxylic acids is 1. The van der Waals surface area contributed by atoms with Gasteiger partial charge >= 0.3 is 0 Å². The van der Waals surface area contributed by atoms with E-state index in [4.69, 9.17) is 7.48 Å². The number of amides is 1. The summed E-state index contributed by atoms with van der Waals surface area (Å²) in [6, 6.07) is 0. The number of alkyl halides is 2. The Balaban J connectivity index is 1.95. The predicted molar refractivity (Wildman–Crippen MR) is 85.0 cm³/mol. The summed E-state index contributed by atoms with van der Waals surface area (Å²) in [6.07, 6.45) is -0.493. The minimum Gasteiger partial charge on any atom is -0.377 e. The van der Waals surface area contributed by atoms with Crippen molar-refractivity contribution in [1.82, 2.24) is 19.5 Å². The highest BCUT2D eigenvalue weighted by Crippen LogP contribution is 2.30. The van der Waals surface area contributed by atoms with E-state index in [1.807, 2.05) is 6.92 Å². The van der Waals surface area contributed by atoms with Gasteiger partial charge in [-0.05, 0) is 12.3 Å². The van der Waals surface area contributed by atoms with Gasteiger partial charge in [0.15, 0.2) is 0 Å². The molecule has 1 amide bonds. The monoisotopic (exact) mass is 360 g/mol. The van der Waals surface area contributed by atoms with E-state index >= 15 is 0 Å². The summed E-state index contributed by atoms with van der Waals surface area (Å²) in [5.74, 6) is 0.167. The molecule has 1 fully saturated rings. The van der Waals surface area contributed by atoms with E-state index in [9.17, 15) is 13.6 Å². The normalized spacial score (nSPS) is 20.3. The first kappa shape index (κ1) is 14.7. The summed E-state index contributed by atoms with van der Waals surface area (Å²) in [6.45, 7) is 0.421. The zero-order valence-electron chi connectivity index (χ0n) is 15.5. The second-order valence-corrected chi connectivity index (χ2v) is 6.74. The van der Waals surface area contributed by atoms with Crippen molar-refractivity contribution >= 4 is 22.2 Å². The van der Waals surface area contributed by atoms with E-state index in [1.165, 1.54) is 11.6 Å². The third-order valence-corrected chi connectivity index (χ3v) is 4.86. The summed E-state index contributed by atoms with van der Waals surface area (Å²) >= 11 is 0.853. The number of aromatic nitrogens is 3. The molecule has 0 N–H and O–H groups in total. The highest BCUT2D eigenvalue weighted by molar-refractivity contribution is 7.16. The number of rotatable bonds is 7. The number of halogens is 2. The van der Waals surface area contributed by atoms with Gasteiger partial charge in [-0.2, -0.15) is 5.10 Å². The minimum atomic E-state index is -2.80. The number of hydrogen-bond donors (Lipinski definition) is 0. The number of hydrogen-bond acceptors (Lipinski definition) is 5. The van der Waals surface area contributed by atoms with Gasteiger partial charge in [0.05, 0.1) is 21.5 Å². The van der Waals surface area contributed by atoms with E-state index < -0.39 is 18.7 Å². The maximum Gasteiger partial charge on any atom is 0.282 e. The molecule has 1 aliphatic heterocycles. The van der Waals surface area contributed by atoms with Crippen molar-refractivity contribution in [1.29, 1.82) is 0 Å². The van der Waals surface area contributed by atoms with Crippen LogP contribution in [0.15, 0.2) is 0 Å². The first-order valence-electron chi connectivity index (χ1n) is 8.76. The maximum atomic E-state index is 13.4. The molecule has 2 aromatic heterocycles. The molecule has 0 radical (unpaired) electrons. The first-order chi connectivity index (χ1) is 12.3. The zero-order valence-corrected chi connectivity index (χ0v) is 14.3. The lowest BCUT2D eigenvalue weighted by molar-refractivity contribution is -0.128. The Morgan fingerprint density at radius 3 is 3.00 bits per heavy atom. The Morgan fingerprint density at radius 2 is 2.33 bits per heavy atom. The highest BCUT2D eigenvalue weighted by Gasteiger charge is 2.32. The smallest absolute Gasteiger partial charge is 0.282 e. The third kappa shape index (κ3) is 3.27. The van der Waals surface area contributed by atoms with Gasteiger partial charge in [0.2, 0.25) is 10.9 Å². The lowest BCUT2D eigenvalue weighted by atomic mass is 10.0. The van der Waals surface area contributed by atoms with E-state index in [2.05, 4.69) is 10.1 Å². The maximum absolute atomic E-state index is 13.4. The fourth-order valence-electron chi connectivity index (χ4n) is 3.05. The van der Waals surface area contributed by atoms with Crippen LogP contribution in [0.25, 0.3) is 4.96 Å². The van der Waals surface area contributed by atoms with Crippen LogP contribution in [0.1, 0.15) is 51.7 Å². The largest absolute Gasteiger partial charge is 0.377 e. The highest BCUT2D eigenvalue weighted by atomic mass is 32.1. The second kappa shape index (κ2) is 7.10. The van der Waals surface area contributed by atoms with Crippen molar-refractivity contribution in [3.8, 4) is 0 Å². The van der Waals surface area contributed by atoms with Crippen LogP contribution < -0.4 is 0 Å². The molecule has 6 nitrogen and oxygen atoms in total. The van der Waals surface area contributed by atoms with Gasteiger partial charge < -0.3 is 9.64 Å². The van der Waals surface area contributed by atoms with Crippen molar-refractivity contribution < 1.29 is 21.1 Å². The van der Waals surface area contributed by atoms with Crippen molar-refractivity contribution in [2.45, 2.75) is 45.7 Å². The summed E-state index contributed by atoms with van der Waals surface area (Å²) in [7, 11) is 1.20. The van der Waals surface area contributed by atoms with Crippen LogP contribution >= 0.6 is 11.3 Å². The van der Waals surface area contributed by atoms with E-state index in [-0.39, 0.29) is 34.0 Å². The van der Waals surface area contributed by atoms with Gasteiger partial charge in [-0.25, -0.2) is 18.3 Å². The van der Waals surface area contributed by atoms with Crippen LogP contribution in [0.4, 0.5) is 8.78 Å². The molecule has 0 saturated carbocycles. The van der Waals surface area contributed by atoms with Crippen LogP contribution in [0.3, 0.4) is 0 Å². The molecule has 9 heteroatoms. The molecule has 0 aromatic carbocycles. The fraction of sp³-hybridized carbons (Fsp3) is 0.667. The molecule has 0 spiro atoms. The molecule has 0 unspecified atom stereocenters. The molecular weight excluding hydrogens is 338 g/mol. The predicted octanol–water partition coefficient (Wildman–Crippen LogP) is 3.02. The zero-order chi connectivity index (χ0) is 19.1. The SMILES string of the molecule is [2H]C([2H])(OC)c1nn2c(CN3C[C@@H](CCC)CC3=O)c(C(F)F)nc2s1. The number of fused-ring (bicyclic) bond motifs is 1. The van der Waals surface area contributed by atoms with Gasteiger partial charge in [0.1, 0.15) is 10.7 Å². The lowest BCUT2D eigenvalue weighted by Gasteiger charge is -2.16. The number of nitrogens with zero attached hydrogens (tertiary/aromatic N) is 4. The lowest BCUT2D eigenvalue weighted by Crippen LogP contribution is -2.26. The topological polar surface area (TPSA) is 59.7 Å². The molecule has 3 heterocycles.